The molecule has 14 heavy (non-hydrogen) atoms. The van der Waals surface area contributed by atoms with Crippen LogP contribution < -0.4 is 15.8 Å². The van der Waals surface area contributed by atoms with Crippen LogP contribution in [0.2, 0.25) is 0 Å². The predicted octanol–water partition coefficient (Wildman–Crippen LogP) is 2.25. The third kappa shape index (κ3) is 2.55. The Kier molecular flexibility index (Phi) is 3.65. The highest BCUT2D eigenvalue weighted by Gasteiger charge is 2.08. The summed E-state index contributed by atoms with van der Waals surface area (Å²) in [5.41, 5.74) is 5.42. The molecule has 6 heteroatoms. The minimum Gasteiger partial charge on any atom is -0.495 e. The zero-order valence-electron chi connectivity index (χ0n) is 7.30. The van der Waals surface area contributed by atoms with Crippen molar-refractivity contribution in [3.05, 3.63) is 22.4 Å². The molecule has 0 unspecified atom stereocenters. The molecule has 0 bridgehead atoms. The number of hydrogen-bond donors (Lipinski definition) is 2. The average Bonchev–Trinajstić information content (AvgIpc) is 2.09. The maximum absolute atomic E-state index is 13.3. The van der Waals surface area contributed by atoms with Crippen molar-refractivity contribution in [2.24, 2.45) is 5.73 Å². The standard InChI is InChI=1S/C8H8BrFN2OS/c1-13-7-3-6(12-8(11)14)5(10)2-4(7)9/h2-3H,1H3,(H3,11,12,14). The van der Waals surface area contributed by atoms with Crippen LogP contribution in [0.15, 0.2) is 16.6 Å². The van der Waals surface area contributed by atoms with E-state index in [2.05, 4.69) is 33.5 Å². The number of methoxy groups -OCH3 is 1. The van der Waals surface area contributed by atoms with Crippen molar-refractivity contribution in [1.29, 1.82) is 0 Å². The number of anilines is 1. The molecule has 0 aromatic heterocycles. The highest BCUT2D eigenvalue weighted by atomic mass is 79.9. The molecular formula is C8H8BrFN2OS. The SMILES string of the molecule is COc1cc(NC(N)=S)c(F)cc1Br. The average molecular weight is 279 g/mol. The number of rotatable bonds is 2. The molecule has 0 aliphatic rings. The largest absolute Gasteiger partial charge is 0.495 e. The van der Waals surface area contributed by atoms with Crippen LogP contribution in [0.3, 0.4) is 0 Å². The smallest absolute Gasteiger partial charge is 0.168 e. The van der Waals surface area contributed by atoms with E-state index in [1.807, 2.05) is 0 Å². The molecule has 3 nitrogen and oxygen atoms in total. The van der Waals surface area contributed by atoms with Gasteiger partial charge >= 0.3 is 0 Å². The van der Waals surface area contributed by atoms with Crippen molar-refractivity contribution < 1.29 is 9.13 Å². The molecule has 0 saturated heterocycles. The minimum absolute atomic E-state index is 0.00766. The van der Waals surface area contributed by atoms with Gasteiger partial charge in [-0.15, -0.1) is 0 Å². The Bertz CT molecular complexity index is 373. The Morgan fingerprint density at radius 3 is 2.79 bits per heavy atom. The first-order chi connectivity index (χ1) is 6.54. The predicted molar refractivity (Wildman–Crippen MR) is 61.1 cm³/mol. The molecule has 0 spiro atoms. The molecule has 3 N–H and O–H groups in total. The van der Waals surface area contributed by atoms with E-state index in [1.165, 1.54) is 19.2 Å². The molecule has 76 valence electrons. The molecule has 1 aromatic carbocycles. The summed E-state index contributed by atoms with van der Waals surface area (Å²) in [5, 5.41) is 2.52. The van der Waals surface area contributed by atoms with Crippen molar-refractivity contribution in [3.63, 3.8) is 0 Å². The van der Waals surface area contributed by atoms with Crippen LogP contribution >= 0.6 is 28.1 Å². The Balaban J connectivity index is 3.10. The van der Waals surface area contributed by atoms with E-state index in [4.69, 9.17) is 10.5 Å². The van der Waals surface area contributed by atoms with Gasteiger partial charge in [-0.25, -0.2) is 4.39 Å². The molecule has 1 aromatic rings. The second-order valence-electron chi connectivity index (χ2n) is 2.46. The summed E-state index contributed by atoms with van der Waals surface area (Å²) >= 11 is 7.75. The Morgan fingerprint density at radius 2 is 2.29 bits per heavy atom. The fraction of sp³-hybridized carbons (Fsp3) is 0.125. The van der Waals surface area contributed by atoms with Gasteiger partial charge in [-0.3, -0.25) is 0 Å². The Hall–Kier alpha value is -0.880. The third-order valence-corrected chi connectivity index (χ3v) is 2.22. The van der Waals surface area contributed by atoms with Gasteiger partial charge in [0.2, 0.25) is 0 Å². The van der Waals surface area contributed by atoms with Crippen LogP contribution in [0.1, 0.15) is 0 Å². The lowest BCUT2D eigenvalue weighted by Crippen LogP contribution is -2.19. The lowest BCUT2D eigenvalue weighted by Gasteiger charge is -2.09. The topological polar surface area (TPSA) is 47.3 Å². The van der Waals surface area contributed by atoms with Gasteiger partial charge in [-0.2, -0.15) is 0 Å². The minimum atomic E-state index is -0.453. The van der Waals surface area contributed by atoms with Crippen LogP contribution in [0.4, 0.5) is 10.1 Å². The van der Waals surface area contributed by atoms with Gasteiger partial charge in [-0.05, 0) is 34.2 Å². The molecule has 0 heterocycles. The van der Waals surface area contributed by atoms with Gasteiger partial charge in [0.05, 0.1) is 17.3 Å². The lowest BCUT2D eigenvalue weighted by molar-refractivity contribution is 0.411. The third-order valence-electron chi connectivity index (χ3n) is 1.50. The van der Waals surface area contributed by atoms with E-state index < -0.39 is 5.82 Å². The summed E-state index contributed by atoms with van der Waals surface area (Å²) < 4.78 is 18.8. The summed E-state index contributed by atoms with van der Waals surface area (Å²) in [7, 11) is 1.49. The number of ether oxygens (including phenoxy) is 1. The second kappa shape index (κ2) is 4.56. The first-order valence-corrected chi connectivity index (χ1v) is 4.84. The quantitative estimate of drug-likeness (QED) is 0.815. The van der Waals surface area contributed by atoms with E-state index in [0.29, 0.717) is 10.2 Å². The normalized spacial score (nSPS) is 9.64. The van der Waals surface area contributed by atoms with E-state index in [0.717, 1.165) is 0 Å². The summed E-state index contributed by atoms with van der Waals surface area (Å²) in [5.74, 6) is 0.0515. The van der Waals surface area contributed by atoms with E-state index in [-0.39, 0.29) is 10.8 Å². The molecule has 0 radical (unpaired) electrons. The number of thiocarbonyl (C=S) groups is 1. The van der Waals surface area contributed by atoms with Crippen molar-refractivity contribution in [2.45, 2.75) is 0 Å². The summed E-state index contributed by atoms with van der Waals surface area (Å²) in [6.07, 6.45) is 0. The summed E-state index contributed by atoms with van der Waals surface area (Å²) in [4.78, 5) is 0. The summed E-state index contributed by atoms with van der Waals surface area (Å²) in [6.45, 7) is 0. The molecule has 0 saturated carbocycles. The highest BCUT2D eigenvalue weighted by molar-refractivity contribution is 9.10. The molecule has 0 aliphatic carbocycles. The van der Waals surface area contributed by atoms with Gasteiger partial charge in [0, 0.05) is 6.07 Å². The van der Waals surface area contributed by atoms with Crippen molar-refractivity contribution in [1.82, 2.24) is 0 Å². The zero-order chi connectivity index (χ0) is 10.7. The molecule has 0 aliphatic heterocycles. The number of halogens is 2. The zero-order valence-corrected chi connectivity index (χ0v) is 9.71. The molecule has 0 amide bonds. The number of hydrogen-bond acceptors (Lipinski definition) is 2. The van der Waals surface area contributed by atoms with Crippen molar-refractivity contribution >= 4 is 38.9 Å². The van der Waals surface area contributed by atoms with Gasteiger partial charge in [0.1, 0.15) is 11.6 Å². The van der Waals surface area contributed by atoms with Crippen molar-refractivity contribution in [3.8, 4) is 5.75 Å². The fourth-order valence-electron chi connectivity index (χ4n) is 0.914. The number of benzene rings is 1. The monoisotopic (exact) mass is 278 g/mol. The van der Waals surface area contributed by atoms with Gasteiger partial charge < -0.3 is 15.8 Å². The lowest BCUT2D eigenvalue weighted by atomic mass is 10.3. The Morgan fingerprint density at radius 1 is 1.64 bits per heavy atom. The van der Waals surface area contributed by atoms with Gasteiger partial charge in [-0.1, -0.05) is 0 Å². The van der Waals surface area contributed by atoms with E-state index in [1.54, 1.807) is 0 Å². The molecular weight excluding hydrogens is 271 g/mol. The van der Waals surface area contributed by atoms with Crippen LogP contribution in [0.25, 0.3) is 0 Å². The Labute approximate surface area is 94.6 Å². The van der Waals surface area contributed by atoms with E-state index in [9.17, 15) is 4.39 Å². The first-order valence-electron chi connectivity index (χ1n) is 3.64. The van der Waals surface area contributed by atoms with Crippen LogP contribution in [0, 0.1) is 5.82 Å². The van der Waals surface area contributed by atoms with Gasteiger partial charge in [0.15, 0.2) is 5.11 Å². The van der Waals surface area contributed by atoms with E-state index >= 15 is 0 Å². The fourth-order valence-corrected chi connectivity index (χ4v) is 1.50. The first kappa shape index (κ1) is 11.2. The van der Waals surface area contributed by atoms with Crippen LogP contribution in [-0.4, -0.2) is 12.2 Å². The molecule has 0 atom stereocenters. The van der Waals surface area contributed by atoms with Crippen LogP contribution in [0.5, 0.6) is 5.75 Å². The molecule has 1 rings (SSSR count). The number of nitrogens with one attached hydrogen (secondary N) is 1. The van der Waals surface area contributed by atoms with Crippen LogP contribution in [-0.2, 0) is 0 Å². The highest BCUT2D eigenvalue weighted by Crippen LogP contribution is 2.30. The summed E-state index contributed by atoms with van der Waals surface area (Å²) in [6, 6.07) is 2.75. The maximum Gasteiger partial charge on any atom is 0.168 e. The second-order valence-corrected chi connectivity index (χ2v) is 3.75. The number of nitrogens with two attached hydrogens (primary N) is 1. The maximum atomic E-state index is 13.3. The van der Waals surface area contributed by atoms with Gasteiger partial charge in [0.25, 0.3) is 0 Å². The van der Waals surface area contributed by atoms with Crippen molar-refractivity contribution in [2.75, 3.05) is 12.4 Å². The molecule has 0 fully saturated rings.